The van der Waals surface area contributed by atoms with Crippen LogP contribution in [0.5, 0.6) is 5.75 Å². The van der Waals surface area contributed by atoms with Crippen molar-refractivity contribution >= 4 is 39.8 Å². The van der Waals surface area contributed by atoms with E-state index in [4.69, 9.17) is 4.98 Å². The number of anilines is 4. The van der Waals surface area contributed by atoms with Crippen LogP contribution >= 0.6 is 0 Å². The van der Waals surface area contributed by atoms with Crippen molar-refractivity contribution in [1.82, 2.24) is 19.4 Å². The number of benzene rings is 2. The Labute approximate surface area is 234 Å². The van der Waals surface area contributed by atoms with Gasteiger partial charge in [0, 0.05) is 60.6 Å². The normalized spacial score (nSPS) is 19.1. The van der Waals surface area contributed by atoms with Crippen LogP contribution in [0, 0.1) is 5.92 Å². The van der Waals surface area contributed by atoms with Crippen molar-refractivity contribution in [3.05, 3.63) is 67.5 Å². The van der Waals surface area contributed by atoms with E-state index in [0.717, 1.165) is 23.7 Å². The van der Waals surface area contributed by atoms with Crippen LogP contribution in [0.15, 0.2) is 67.5 Å². The van der Waals surface area contributed by atoms with Gasteiger partial charge in [0.15, 0.2) is 0 Å². The number of carbonyl (C=O) groups excluding carboxylic acids is 1. The van der Waals surface area contributed by atoms with Gasteiger partial charge in [-0.3, -0.25) is 4.79 Å². The highest BCUT2D eigenvalue weighted by atomic mass is 16.3. The molecule has 2 aromatic heterocycles. The molecule has 0 unspecified atom stereocenters. The molecule has 40 heavy (non-hydrogen) atoms. The fourth-order valence-electron chi connectivity index (χ4n) is 5.94. The van der Waals surface area contributed by atoms with Crippen LogP contribution in [-0.4, -0.2) is 64.7 Å². The van der Waals surface area contributed by atoms with Gasteiger partial charge in [-0.05, 0) is 63.6 Å². The van der Waals surface area contributed by atoms with E-state index < -0.39 is 0 Å². The van der Waals surface area contributed by atoms with Crippen LogP contribution in [0.3, 0.4) is 0 Å². The molecule has 0 aliphatic heterocycles. The molecule has 3 N–H and O–H groups in total. The standard InChI is InChI=1S/C31H35N7O2/c1-5-29(40)33-24-14-25(28(39)15-27(24)37(4)13-12-36(2)3)35-30-32-11-10-23(34-30)22-19-38(31-16-20(17-31)18-31)26-9-7-6-8-21(22)26/h5-11,14-15,19-20,39H,1,12-13,16-18H2,2-4H3,(H,33,40)(H,32,34,35). The van der Waals surface area contributed by atoms with E-state index in [9.17, 15) is 9.90 Å². The molecule has 2 aromatic carbocycles. The number of aromatic hydroxyl groups is 1. The fourth-order valence-corrected chi connectivity index (χ4v) is 5.94. The molecule has 2 bridgehead atoms. The number of hydrogen-bond acceptors (Lipinski definition) is 7. The zero-order valence-corrected chi connectivity index (χ0v) is 23.2. The SMILES string of the molecule is C=CC(=O)Nc1cc(Nc2nccc(-c3cn(C45CC(C4)C5)c4ccccc34)n2)c(O)cc1N(C)CCN(C)C. The van der Waals surface area contributed by atoms with Crippen LogP contribution in [0.1, 0.15) is 19.3 Å². The van der Waals surface area contributed by atoms with Crippen LogP contribution in [0.2, 0.25) is 0 Å². The van der Waals surface area contributed by atoms with Crippen LogP contribution in [0.4, 0.5) is 23.0 Å². The average Bonchev–Trinajstić information content (AvgIpc) is 3.26. The third kappa shape index (κ3) is 4.56. The number of phenolic OH excluding ortho intramolecular Hbond substituents is 1. The number of nitrogens with one attached hydrogen (secondary N) is 2. The summed E-state index contributed by atoms with van der Waals surface area (Å²) in [5.74, 6) is 0.923. The van der Waals surface area contributed by atoms with Crippen molar-refractivity contribution in [2.45, 2.75) is 24.8 Å². The smallest absolute Gasteiger partial charge is 0.247 e. The predicted molar refractivity (Wildman–Crippen MR) is 160 cm³/mol. The lowest BCUT2D eigenvalue weighted by atomic mass is 9.49. The molecule has 0 spiro atoms. The number of carbonyl (C=O) groups is 1. The minimum absolute atomic E-state index is 0.0255. The lowest BCUT2D eigenvalue weighted by Crippen LogP contribution is -2.58. The number of para-hydroxylation sites is 1. The van der Waals surface area contributed by atoms with Gasteiger partial charge in [-0.25, -0.2) is 9.97 Å². The maximum Gasteiger partial charge on any atom is 0.247 e. The molecule has 4 aromatic rings. The highest BCUT2D eigenvalue weighted by Gasteiger charge is 2.58. The molecule has 3 aliphatic rings. The van der Waals surface area contributed by atoms with Crippen molar-refractivity contribution in [2.24, 2.45) is 5.92 Å². The van der Waals surface area contributed by atoms with Crippen molar-refractivity contribution in [3.63, 3.8) is 0 Å². The van der Waals surface area contributed by atoms with Crippen molar-refractivity contribution in [3.8, 4) is 17.0 Å². The van der Waals surface area contributed by atoms with E-state index in [1.54, 1.807) is 18.3 Å². The molecule has 0 atom stereocenters. The molecule has 0 saturated heterocycles. The van der Waals surface area contributed by atoms with Gasteiger partial charge in [0.25, 0.3) is 0 Å². The summed E-state index contributed by atoms with van der Waals surface area (Å²) in [5.41, 5.74) is 4.98. The minimum atomic E-state index is -0.336. The Kier molecular flexibility index (Phi) is 6.46. The van der Waals surface area contributed by atoms with Gasteiger partial charge in [-0.2, -0.15) is 0 Å². The number of rotatable bonds is 10. The summed E-state index contributed by atoms with van der Waals surface area (Å²) >= 11 is 0. The third-order valence-electron chi connectivity index (χ3n) is 8.26. The molecule has 9 nitrogen and oxygen atoms in total. The van der Waals surface area contributed by atoms with Gasteiger partial charge in [0.05, 0.1) is 22.8 Å². The Hall–Kier alpha value is -4.37. The molecule has 3 aliphatic carbocycles. The Morgan fingerprint density at radius 3 is 2.62 bits per heavy atom. The molecule has 0 radical (unpaired) electrons. The first-order chi connectivity index (χ1) is 19.3. The largest absolute Gasteiger partial charge is 0.506 e. The second-order valence-corrected chi connectivity index (χ2v) is 11.3. The number of amides is 1. The summed E-state index contributed by atoms with van der Waals surface area (Å²) < 4.78 is 2.46. The summed E-state index contributed by atoms with van der Waals surface area (Å²) in [4.78, 5) is 25.5. The topological polar surface area (TPSA) is 98.5 Å². The third-order valence-corrected chi connectivity index (χ3v) is 8.26. The maximum atomic E-state index is 12.2. The average molecular weight is 538 g/mol. The second-order valence-electron chi connectivity index (χ2n) is 11.3. The lowest BCUT2D eigenvalue weighted by molar-refractivity contribution is -0.111. The molecule has 3 saturated carbocycles. The van der Waals surface area contributed by atoms with Crippen molar-refractivity contribution < 1.29 is 9.90 Å². The molecule has 2 heterocycles. The lowest BCUT2D eigenvalue weighted by Gasteiger charge is -2.62. The first-order valence-corrected chi connectivity index (χ1v) is 13.6. The number of phenols is 1. The van der Waals surface area contributed by atoms with E-state index >= 15 is 0 Å². The van der Waals surface area contributed by atoms with Gasteiger partial charge in [-0.1, -0.05) is 24.8 Å². The van der Waals surface area contributed by atoms with E-state index in [-0.39, 0.29) is 17.2 Å². The van der Waals surface area contributed by atoms with Gasteiger partial charge in [0.2, 0.25) is 11.9 Å². The summed E-state index contributed by atoms with van der Waals surface area (Å²) in [6.45, 7) is 5.08. The molecule has 3 fully saturated rings. The quantitative estimate of drug-likeness (QED) is 0.146. The Balaban J connectivity index is 1.32. The highest BCUT2D eigenvalue weighted by Crippen LogP contribution is 2.63. The number of aromatic nitrogens is 3. The molecular formula is C31H35N7O2. The summed E-state index contributed by atoms with van der Waals surface area (Å²) in [7, 11) is 5.92. The zero-order valence-electron chi connectivity index (χ0n) is 23.2. The van der Waals surface area contributed by atoms with Gasteiger partial charge in [-0.15, -0.1) is 0 Å². The number of nitrogens with zero attached hydrogens (tertiary/aromatic N) is 5. The summed E-state index contributed by atoms with van der Waals surface area (Å²) in [6.07, 6.45) is 8.95. The number of likely N-dealkylation sites (N-methyl/N-ethyl adjacent to an activating group) is 2. The van der Waals surface area contributed by atoms with E-state index in [1.165, 1.54) is 36.2 Å². The molecule has 9 heteroatoms. The van der Waals surface area contributed by atoms with Gasteiger partial charge < -0.3 is 30.1 Å². The Morgan fingerprint density at radius 2 is 1.93 bits per heavy atom. The van der Waals surface area contributed by atoms with Crippen LogP contribution < -0.4 is 15.5 Å². The van der Waals surface area contributed by atoms with Crippen LogP contribution in [0.25, 0.3) is 22.2 Å². The molecule has 7 rings (SSSR count). The maximum absolute atomic E-state index is 12.2. The Morgan fingerprint density at radius 1 is 1.15 bits per heavy atom. The highest BCUT2D eigenvalue weighted by molar-refractivity contribution is 6.02. The van der Waals surface area contributed by atoms with Gasteiger partial charge in [0.1, 0.15) is 5.75 Å². The van der Waals surface area contributed by atoms with Crippen molar-refractivity contribution in [1.29, 1.82) is 0 Å². The predicted octanol–water partition coefficient (Wildman–Crippen LogP) is 5.18. The first-order valence-electron chi connectivity index (χ1n) is 13.6. The van der Waals surface area contributed by atoms with Gasteiger partial charge >= 0.3 is 0 Å². The van der Waals surface area contributed by atoms with E-state index in [2.05, 4.69) is 62.1 Å². The van der Waals surface area contributed by atoms with E-state index in [0.29, 0.717) is 29.6 Å². The zero-order chi connectivity index (χ0) is 28.0. The first kappa shape index (κ1) is 25.9. The van der Waals surface area contributed by atoms with E-state index in [1.807, 2.05) is 32.1 Å². The molecule has 1 amide bonds. The number of hydrogen-bond donors (Lipinski definition) is 3. The van der Waals surface area contributed by atoms with Crippen LogP contribution in [-0.2, 0) is 10.3 Å². The molecule has 206 valence electrons. The summed E-state index contributed by atoms with van der Waals surface area (Å²) in [6, 6.07) is 13.7. The molecular weight excluding hydrogens is 502 g/mol. The second kappa shape index (κ2) is 9.98. The Bertz CT molecular complexity index is 1590. The summed E-state index contributed by atoms with van der Waals surface area (Å²) in [5, 5.41) is 18.2. The fraction of sp³-hybridized carbons (Fsp3) is 0.323. The minimum Gasteiger partial charge on any atom is -0.506 e. The monoisotopic (exact) mass is 537 g/mol. The van der Waals surface area contributed by atoms with Crippen molar-refractivity contribution in [2.75, 3.05) is 49.8 Å². The number of fused-ring (bicyclic) bond motifs is 1.